The van der Waals surface area contributed by atoms with Crippen molar-refractivity contribution in [3.63, 3.8) is 0 Å². The Kier molecular flexibility index (Phi) is 15.0. The van der Waals surface area contributed by atoms with E-state index in [9.17, 15) is 0 Å². The summed E-state index contributed by atoms with van der Waals surface area (Å²) in [7, 11) is 0. The van der Waals surface area contributed by atoms with E-state index < -0.39 is 0 Å². The standard InChI is InChI=1S/C66H62N8O2.2Pt/c1-63(2)35-19-36-64(3,4)73(63)61-31-15-13-29-59(61)71-45-69(55-25-9-11-27-57(55)71)47-21-17-23-49(41-47)75-51-33-39-67-53(43-51)54-44-52(34-40-68-54)76-50-24-18-22-48(42-50)70-46-72(58-28-12-10-26-56(58)70)60-30-14-16-32-62(60)74-65(5,6)37-20-38-66(74,7)8;;/h9-18,21-34,39-40H,19-20,35-38H2,1-8H3;;/q-4;;. The first-order chi connectivity index (χ1) is 36.6. The molecular weight excluding hydrogens is 1330 g/mol. The van der Waals surface area contributed by atoms with Crippen molar-refractivity contribution in [1.29, 1.82) is 0 Å². The number of imidazole rings is 2. The number of benzene rings is 6. The van der Waals surface area contributed by atoms with Crippen molar-refractivity contribution in [1.82, 2.24) is 19.1 Å². The molecule has 0 unspecified atom stereocenters. The molecule has 4 aromatic heterocycles. The number of anilines is 2. The van der Waals surface area contributed by atoms with Crippen LogP contribution < -0.4 is 28.4 Å². The summed E-state index contributed by atoms with van der Waals surface area (Å²) in [5, 5.41) is 0. The fraction of sp³-hybridized carbons (Fsp3) is 0.273. The van der Waals surface area contributed by atoms with Crippen LogP contribution >= 0.6 is 0 Å². The fourth-order valence-corrected chi connectivity index (χ4v) is 12.4. The van der Waals surface area contributed by atoms with Crippen LogP contribution in [0, 0.1) is 36.9 Å². The summed E-state index contributed by atoms with van der Waals surface area (Å²) in [5.41, 5.74) is 11.0. The monoisotopic (exact) mass is 1390 g/mol. The van der Waals surface area contributed by atoms with Gasteiger partial charge in [0.1, 0.15) is 0 Å². The third kappa shape index (κ3) is 10.2. The summed E-state index contributed by atoms with van der Waals surface area (Å²) < 4.78 is 21.4. The Balaban J connectivity index is 0.00000344. The van der Waals surface area contributed by atoms with Gasteiger partial charge in [0.05, 0.1) is 44.8 Å². The van der Waals surface area contributed by atoms with Crippen molar-refractivity contribution in [2.24, 2.45) is 0 Å². The second-order valence-corrected chi connectivity index (χ2v) is 22.7. The minimum atomic E-state index is -0.0161. The van der Waals surface area contributed by atoms with E-state index in [4.69, 9.17) is 9.47 Å². The van der Waals surface area contributed by atoms with Crippen LogP contribution in [0.1, 0.15) is 93.9 Å². The van der Waals surface area contributed by atoms with Gasteiger partial charge in [-0.2, -0.15) is 36.4 Å². The summed E-state index contributed by atoms with van der Waals surface area (Å²) in [6, 6.07) is 63.2. The summed E-state index contributed by atoms with van der Waals surface area (Å²) in [5.74, 6) is 1.94. The average Bonchev–Trinajstić information content (AvgIpc) is 4.14. The van der Waals surface area contributed by atoms with Crippen LogP contribution in [-0.4, -0.2) is 41.3 Å². The van der Waals surface area contributed by atoms with Crippen molar-refractivity contribution in [2.75, 3.05) is 9.80 Å². The SMILES string of the molecule is CC1(C)CCCC(C)(C)N1c1ccccc1-n1[c-][n+](-c2[c-]c(Oc3[c-]c(-c4[c-]c(Oc5[c-]c(-[n+]6[c-]n(-c7ccccc7N7C(C)(C)CCCC7(C)C)c7ccccc76)ccc5)ccn4)ncc3)ccc2)c2ccccc21.[Pt].[Pt]. The molecule has 0 N–H and O–H groups in total. The third-order valence-electron chi connectivity index (χ3n) is 15.4. The largest absolute Gasteiger partial charge is 0.511 e. The fourth-order valence-electron chi connectivity index (χ4n) is 12.4. The summed E-state index contributed by atoms with van der Waals surface area (Å²) in [4.78, 5) is 14.5. The molecule has 0 aliphatic carbocycles. The van der Waals surface area contributed by atoms with Crippen LogP contribution in [0.15, 0.2) is 158 Å². The zero-order chi connectivity index (χ0) is 52.4. The van der Waals surface area contributed by atoms with E-state index in [-0.39, 0.29) is 64.3 Å². The van der Waals surface area contributed by atoms with E-state index in [0.717, 1.165) is 70.5 Å². The summed E-state index contributed by atoms with van der Waals surface area (Å²) in [6.07, 6.45) is 17.7. The van der Waals surface area contributed by atoms with E-state index in [1.54, 1.807) is 24.5 Å². The van der Waals surface area contributed by atoms with Crippen LogP contribution in [0.3, 0.4) is 0 Å². The molecule has 10 nitrogen and oxygen atoms in total. The van der Waals surface area contributed by atoms with Crippen molar-refractivity contribution in [3.8, 4) is 57.1 Å². The molecule has 0 amide bonds. The number of ether oxygens (including phenoxy) is 2. The van der Waals surface area contributed by atoms with E-state index in [1.165, 1.54) is 24.2 Å². The zero-order valence-electron chi connectivity index (χ0n) is 45.3. The number of pyridine rings is 2. The number of rotatable bonds is 11. The Hall–Kier alpha value is -6.86. The van der Waals surface area contributed by atoms with Crippen LogP contribution in [0.25, 0.3) is 56.2 Å². The van der Waals surface area contributed by atoms with E-state index >= 15 is 0 Å². The molecule has 0 bridgehead atoms. The topological polar surface area (TPSA) is 68.3 Å². The van der Waals surface area contributed by atoms with Gasteiger partial charge in [0, 0.05) is 87.3 Å². The minimum Gasteiger partial charge on any atom is -0.511 e. The number of fused-ring (bicyclic) bond motifs is 2. The number of piperidine rings is 2. The maximum atomic E-state index is 6.47. The molecule has 12 rings (SSSR count). The molecule has 2 aliphatic rings. The molecule has 2 fully saturated rings. The minimum absolute atomic E-state index is 0. The van der Waals surface area contributed by atoms with Crippen molar-refractivity contribution in [2.45, 2.75) is 116 Å². The number of hydrogen-bond donors (Lipinski definition) is 0. The van der Waals surface area contributed by atoms with Crippen LogP contribution in [-0.2, 0) is 42.1 Å². The molecule has 12 heteroatoms. The quantitative estimate of drug-likeness (QED) is 0.0949. The predicted molar refractivity (Wildman–Crippen MR) is 299 cm³/mol. The van der Waals surface area contributed by atoms with Gasteiger partial charge in [0.25, 0.3) is 12.7 Å². The molecule has 6 aromatic carbocycles. The second-order valence-electron chi connectivity index (χ2n) is 22.7. The predicted octanol–water partition coefficient (Wildman–Crippen LogP) is 14.1. The van der Waals surface area contributed by atoms with E-state index in [2.05, 4.69) is 227 Å². The Morgan fingerprint density at radius 1 is 0.397 bits per heavy atom. The van der Waals surface area contributed by atoms with Crippen LogP contribution in [0.5, 0.6) is 23.0 Å². The Morgan fingerprint density at radius 3 is 1.14 bits per heavy atom. The molecule has 402 valence electrons. The zero-order valence-corrected chi connectivity index (χ0v) is 49.8. The first-order valence-electron chi connectivity index (χ1n) is 26.5. The molecule has 0 radical (unpaired) electrons. The first kappa shape index (κ1) is 54.5. The van der Waals surface area contributed by atoms with Gasteiger partial charge in [-0.15, -0.1) is 47.8 Å². The van der Waals surface area contributed by atoms with Gasteiger partial charge in [0.15, 0.2) is 0 Å². The van der Waals surface area contributed by atoms with Gasteiger partial charge in [-0.1, -0.05) is 72.8 Å². The Morgan fingerprint density at radius 2 is 0.744 bits per heavy atom. The van der Waals surface area contributed by atoms with Crippen molar-refractivity contribution < 1.29 is 60.7 Å². The molecule has 2 aliphatic heterocycles. The average molecular weight is 1390 g/mol. The number of aromatic nitrogens is 6. The van der Waals surface area contributed by atoms with E-state index in [1.807, 2.05) is 36.4 Å². The smallest absolute Gasteiger partial charge is 0.268 e. The second kappa shape index (κ2) is 21.4. The van der Waals surface area contributed by atoms with Gasteiger partial charge < -0.3 is 38.4 Å². The maximum absolute atomic E-state index is 6.47. The van der Waals surface area contributed by atoms with Gasteiger partial charge in [-0.25, -0.2) is 0 Å². The maximum Gasteiger partial charge on any atom is 0.268 e. The number of para-hydroxylation sites is 8. The van der Waals surface area contributed by atoms with Gasteiger partial charge in [-0.05, 0) is 142 Å². The molecule has 2 saturated heterocycles. The van der Waals surface area contributed by atoms with Gasteiger partial charge >= 0.3 is 0 Å². The number of nitrogens with zero attached hydrogens (tertiary/aromatic N) is 8. The summed E-state index contributed by atoms with van der Waals surface area (Å²) >= 11 is 0. The van der Waals surface area contributed by atoms with E-state index in [0.29, 0.717) is 34.4 Å². The van der Waals surface area contributed by atoms with Crippen LogP contribution in [0.2, 0.25) is 0 Å². The van der Waals surface area contributed by atoms with Crippen molar-refractivity contribution >= 4 is 33.4 Å². The third-order valence-corrected chi connectivity index (χ3v) is 15.4. The normalized spacial score (nSPS) is 16.3. The first-order valence-corrected chi connectivity index (χ1v) is 26.5. The molecule has 6 heterocycles. The molecule has 0 spiro atoms. The molecule has 78 heavy (non-hydrogen) atoms. The van der Waals surface area contributed by atoms with Gasteiger partial charge in [0.2, 0.25) is 0 Å². The molecule has 10 aromatic rings. The Bertz CT molecular complexity index is 3520. The number of hydrogen-bond acceptors (Lipinski definition) is 6. The van der Waals surface area contributed by atoms with Crippen molar-refractivity contribution in [3.05, 3.63) is 195 Å². The molecular formula is C66H62N8O2Pt2-4. The molecule has 0 saturated carbocycles. The van der Waals surface area contributed by atoms with Crippen LogP contribution in [0.4, 0.5) is 11.4 Å². The Labute approximate surface area is 487 Å². The summed E-state index contributed by atoms with van der Waals surface area (Å²) in [6.45, 7) is 18.9. The van der Waals surface area contributed by atoms with Gasteiger partial charge in [-0.3, -0.25) is 9.13 Å². The molecule has 0 atom stereocenters.